The Morgan fingerprint density at radius 1 is 1.00 bits per heavy atom. The average molecular weight is 374 g/mol. The van der Waals surface area contributed by atoms with Crippen LogP contribution in [-0.2, 0) is 0 Å². The maximum absolute atomic E-state index is 13.7. The highest BCUT2D eigenvalue weighted by molar-refractivity contribution is 6.03. The highest BCUT2D eigenvalue weighted by atomic mass is 19.2. The van der Waals surface area contributed by atoms with Gasteiger partial charge in [-0.15, -0.1) is 0 Å². The minimum atomic E-state index is -1.61. The van der Waals surface area contributed by atoms with Crippen LogP contribution in [0.15, 0.2) is 48.8 Å². The fourth-order valence-electron chi connectivity index (χ4n) is 2.18. The van der Waals surface area contributed by atoms with Crippen LogP contribution < -0.4 is 15.4 Å². The highest BCUT2D eigenvalue weighted by Crippen LogP contribution is 2.23. The Labute approximate surface area is 152 Å². The van der Waals surface area contributed by atoms with Crippen molar-refractivity contribution >= 4 is 23.1 Å². The predicted molar refractivity (Wildman–Crippen MR) is 92.6 cm³/mol. The lowest BCUT2D eigenvalue weighted by atomic mass is 10.2. The van der Waals surface area contributed by atoms with Crippen molar-refractivity contribution in [2.45, 2.75) is 0 Å². The number of carbonyl (C=O) groups is 1. The van der Waals surface area contributed by atoms with Gasteiger partial charge in [0.2, 0.25) is 0 Å². The second-order valence-corrected chi connectivity index (χ2v) is 5.32. The molecule has 1 amide bonds. The molecular weight excluding hydrogens is 361 g/mol. The van der Waals surface area contributed by atoms with Crippen LogP contribution in [0.25, 0.3) is 0 Å². The largest absolute Gasteiger partial charge is 0.497 e. The number of nitrogens with zero attached hydrogens (tertiary/aromatic N) is 2. The van der Waals surface area contributed by atoms with Crippen LogP contribution in [0.2, 0.25) is 0 Å². The summed E-state index contributed by atoms with van der Waals surface area (Å²) in [5.41, 5.74) is 0.181. The third kappa shape index (κ3) is 4.14. The van der Waals surface area contributed by atoms with Crippen LogP contribution in [-0.4, -0.2) is 23.0 Å². The Morgan fingerprint density at radius 2 is 1.74 bits per heavy atom. The minimum Gasteiger partial charge on any atom is -0.497 e. The van der Waals surface area contributed by atoms with Crippen LogP contribution in [0.1, 0.15) is 10.5 Å². The van der Waals surface area contributed by atoms with E-state index in [1.165, 1.54) is 13.2 Å². The fourth-order valence-corrected chi connectivity index (χ4v) is 2.18. The number of benzene rings is 2. The van der Waals surface area contributed by atoms with Crippen molar-refractivity contribution < 1.29 is 22.7 Å². The van der Waals surface area contributed by atoms with E-state index in [0.717, 1.165) is 18.5 Å². The smallest absolute Gasteiger partial charge is 0.274 e. The number of amides is 1. The molecule has 0 bridgehead atoms. The summed E-state index contributed by atoms with van der Waals surface area (Å²) >= 11 is 0. The number of nitrogens with one attached hydrogen (secondary N) is 2. The molecule has 2 aromatic carbocycles. The maximum Gasteiger partial charge on any atom is 0.274 e. The lowest BCUT2D eigenvalue weighted by Gasteiger charge is -2.09. The zero-order valence-corrected chi connectivity index (χ0v) is 14.0. The third-order valence-corrected chi connectivity index (χ3v) is 3.55. The Morgan fingerprint density at radius 3 is 2.44 bits per heavy atom. The molecule has 27 heavy (non-hydrogen) atoms. The van der Waals surface area contributed by atoms with Crippen molar-refractivity contribution in [2.75, 3.05) is 17.7 Å². The number of rotatable bonds is 5. The molecular formula is C18H13F3N4O2. The van der Waals surface area contributed by atoms with Crippen LogP contribution in [0.3, 0.4) is 0 Å². The van der Waals surface area contributed by atoms with Crippen molar-refractivity contribution in [2.24, 2.45) is 0 Å². The first kappa shape index (κ1) is 18.2. The zero-order valence-electron chi connectivity index (χ0n) is 14.0. The highest BCUT2D eigenvalue weighted by Gasteiger charge is 2.15. The summed E-state index contributed by atoms with van der Waals surface area (Å²) in [6.07, 6.45) is 1.09. The maximum atomic E-state index is 13.7. The summed E-state index contributed by atoms with van der Waals surface area (Å²) in [5.74, 6) is -4.16. The van der Waals surface area contributed by atoms with Gasteiger partial charge in [0.05, 0.1) is 12.8 Å². The van der Waals surface area contributed by atoms with E-state index in [4.69, 9.17) is 4.74 Å². The third-order valence-electron chi connectivity index (χ3n) is 3.55. The molecule has 0 spiro atoms. The summed E-state index contributed by atoms with van der Waals surface area (Å²) in [7, 11) is 1.53. The molecule has 6 nitrogen and oxygen atoms in total. The van der Waals surface area contributed by atoms with Gasteiger partial charge in [-0.3, -0.25) is 4.79 Å². The van der Waals surface area contributed by atoms with Crippen molar-refractivity contribution in [3.8, 4) is 5.75 Å². The molecule has 1 heterocycles. The Balaban J connectivity index is 1.76. The standard InChI is InChI=1S/C18H13F3N4O2/c1-27-11-4-2-10(3-5-11)24-18(26)14-8-15(23-9-22-14)25-13-7-6-12(19)16(20)17(13)21/h2-9H,1H3,(H,24,26)(H,22,23,25). The van der Waals surface area contributed by atoms with Gasteiger partial charge in [-0.05, 0) is 36.4 Å². The van der Waals surface area contributed by atoms with Gasteiger partial charge in [0, 0.05) is 11.8 Å². The molecule has 0 aliphatic rings. The second kappa shape index (κ2) is 7.73. The molecule has 0 atom stereocenters. The van der Waals surface area contributed by atoms with Crippen LogP contribution in [0, 0.1) is 17.5 Å². The van der Waals surface area contributed by atoms with Gasteiger partial charge in [-0.25, -0.2) is 23.1 Å². The Bertz CT molecular complexity index is 981. The molecule has 9 heteroatoms. The predicted octanol–water partition coefficient (Wildman–Crippen LogP) is 3.90. The van der Waals surface area contributed by atoms with Crippen LogP contribution >= 0.6 is 0 Å². The number of aromatic nitrogens is 2. The first-order valence-corrected chi connectivity index (χ1v) is 7.66. The van der Waals surface area contributed by atoms with E-state index in [9.17, 15) is 18.0 Å². The topological polar surface area (TPSA) is 76.1 Å². The molecule has 0 radical (unpaired) electrons. The SMILES string of the molecule is COc1ccc(NC(=O)c2cc(Nc3ccc(F)c(F)c3F)ncn2)cc1. The molecule has 0 aliphatic carbocycles. The van der Waals surface area contributed by atoms with Crippen LogP contribution in [0.4, 0.5) is 30.4 Å². The van der Waals surface area contributed by atoms with Crippen molar-refractivity contribution in [3.05, 3.63) is 71.9 Å². The summed E-state index contributed by atoms with van der Waals surface area (Å²) in [6.45, 7) is 0. The van der Waals surface area contributed by atoms with E-state index in [1.807, 2.05) is 0 Å². The molecule has 3 aromatic rings. The average Bonchev–Trinajstić information content (AvgIpc) is 2.69. The monoisotopic (exact) mass is 374 g/mol. The molecule has 0 aliphatic heterocycles. The van der Waals surface area contributed by atoms with Crippen molar-refractivity contribution in [3.63, 3.8) is 0 Å². The molecule has 0 unspecified atom stereocenters. The van der Waals surface area contributed by atoms with Gasteiger partial charge in [-0.2, -0.15) is 0 Å². The van der Waals surface area contributed by atoms with Gasteiger partial charge in [0.1, 0.15) is 23.6 Å². The first-order chi connectivity index (χ1) is 13.0. The summed E-state index contributed by atoms with van der Waals surface area (Å²) in [6, 6.07) is 9.69. The molecule has 2 N–H and O–H groups in total. The lowest BCUT2D eigenvalue weighted by Crippen LogP contribution is -2.14. The molecule has 0 saturated heterocycles. The Hall–Kier alpha value is -3.62. The van der Waals surface area contributed by atoms with Gasteiger partial charge in [0.25, 0.3) is 5.91 Å². The quantitative estimate of drug-likeness (QED) is 0.663. The zero-order chi connectivity index (χ0) is 19.4. The van der Waals surface area contributed by atoms with E-state index in [2.05, 4.69) is 20.6 Å². The summed E-state index contributed by atoms with van der Waals surface area (Å²) in [5, 5.41) is 5.12. The molecule has 138 valence electrons. The van der Waals surface area contributed by atoms with E-state index >= 15 is 0 Å². The van der Waals surface area contributed by atoms with Gasteiger partial charge < -0.3 is 15.4 Å². The van der Waals surface area contributed by atoms with E-state index in [1.54, 1.807) is 24.3 Å². The van der Waals surface area contributed by atoms with E-state index < -0.39 is 23.4 Å². The Kier molecular flexibility index (Phi) is 5.20. The summed E-state index contributed by atoms with van der Waals surface area (Å²) < 4.78 is 45.1. The second-order valence-electron chi connectivity index (χ2n) is 5.32. The van der Waals surface area contributed by atoms with Gasteiger partial charge >= 0.3 is 0 Å². The van der Waals surface area contributed by atoms with Crippen LogP contribution in [0.5, 0.6) is 5.75 Å². The van der Waals surface area contributed by atoms with E-state index in [-0.39, 0.29) is 17.2 Å². The number of methoxy groups -OCH3 is 1. The number of hydrogen-bond donors (Lipinski definition) is 2. The molecule has 1 aromatic heterocycles. The number of halogens is 3. The number of carbonyl (C=O) groups excluding carboxylic acids is 1. The normalized spacial score (nSPS) is 10.4. The number of hydrogen-bond acceptors (Lipinski definition) is 5. The fraction of sp³-hybridized carbons (Fsp3) is 0.0556. The molecule has 0 saturated carbocycles. The lowest BCUT2D eigenvalue weighted by molar-refractivity contribution is 0.102. The van der Waals surface area contributed by atoms with Gasteiger partial charge in [0.15, 0.2) is 17.5 Å². The molecule has 3 rings (SSSR count). The summed E-state index contributed by atoms with van der Waals surface area (Å²) in [4.78, 5) is 20.0. The minimum absolute atomic E-state index is 0.00805. The van der Waals surface area contributed by atoms with E-state index in [0.29, 0.717) is 11.4 Å². The van der Waals surface area contributed by atoms with Crippen molar-refractivity contribution in [1.29, 1.82) is 0 Å². The number of anilines is 3. The number of ether oxygens (including phenoxy) is 1. The van der Waals surface area contributed by atoms with Gasteiger partial charge in [-0.1, -0.05) is 0 Å². The first-order valence-electron chi connectivity index (χ1n) is 7.66. The van der Waals surface area contributed by atoms with Crippen molar-refractivity contribution in [1.82, 2.24) is 9.97 Å². The molecule has 0 fully saturated rings.